The van der Waals surface area contributed by atoms with E-state index in [-0.39, 0.29) is 5.83 Å². The van der Waals surface area contributed by atoms with Crippen molar-refractivity contribution in [2.75, 3.05) is 0 Å². The molecule has 2 nitrogen and oxygen atoms in total. The molecule has 0 radical (unpaired) electrons. The lowest BCUT2D eigenvalue weighted by atomic mass is 10.1. The molecule has 0 bridgehead atoms. The van der Waals surface area contributed by atoms with E-state index >= 15 is 0 Å². The van der Waals surface area contributed by atoms with E-state index in [1.807, 2.05) is 0 Å². The summed E-state index contributed by atoms with van der Waals surface area (Å²) in [5, 5.41) is 0. The van der Waals surface area contributed by atoms with E-state index in [9.17, 15) is 4.39 Å². The first-order valence-electron chi connectivity index (χ1n) is 2.85. The normalized spacial score (nSPS) is 18.4. The first-order chi connectivity index (χ1) is 4.33. The third-order valence-electron chi connectivity index (χ3n) is 1.28. The second-order valence-corrected chi connectivity index (χ2v) is 1.95. The van der Waals surface area contributed by atoms with Gasteiger partial charge in [-0.3, -0.25) is 5.84 Å². The summed E-state index contributed by atoms with van der Waals surface area (Å²) in [5.41, 5.74) is 3.36. The molecule has 0 fully saturated rings. The molecule has 0 saturated heterocycles. The average Bonchev–Trinajstić information content (AvgIpc) is 1.90. The summed E-state index contributed by atoms with van der Waals surface area (Å²) >= 11 is 0. The molecular formula is C6H9FN2. The summed E-state index contributed by atoms with van der Waals surface area (Å²) in [6.07, 6.45) is 4.23. The zero-order valence-electron chi connectivity index (χ0n) is 5.02. The average molecular weight is 128 g/mol. The highest BCUT2D eigenvalue weighted by Crippen LogP contribution is 2.15. The summed E-state index contributed by atoms with van der Waals surface area (Å²) < 4.78 is 12.2. The van der Waals surface area contributed by atoms with Crippen LogP contribution in [0.25, 0.3) is 0 Å². The van der Waals surface area contributed by atoms with Crippen LogP contribution in [0.1, 0.15) is 12.8 Å². The second-order valence-electron chi connectivity index (χ2n) is 1.95. The van der Waals surface area contributed by atoms with Gasteiger partial charge in [0, 0.05) is 12.1 Å². The van der Waals surface area contributed by atoms with Crippen molar-refractivity contribution in [1.29, 1.82) is 0 Å². The predicted molar refractivity (Wildman–Crippen MR) is 33.8 cm³/mol. The van der Waals surface area contributed by atoms with Gasteiger partial charge in [0.05, 0.1) is 0 Å². The maximum atomic E-state index is 12.2. The van der Waals surface area contributed by atoms with E-state index in [1.165, 1.54) is 6.08 Å². The number of halogens is 1. The smallest absolute Gasteiger partial charge is 0.100 e. The number of hydrogen-bond donors (Lipinski definition) is 2. The Labute approximate surface area is 53.2 Å². The Balaban J connectivity index is 2.59. The highest BCUT2D eigenvalue weighted by molar-refractivity contribution is 5.18. The van der Waals surface area contributed by atoms with Gasteiger partial charge < -0.3 is 5.43 Å². The van der Waals surface area contributed by atoms with Crippen molar-refractivity contribution in [1.82, 2.24) is 5.43 Å². The van der Waals surface area contributed by atoms with E-state index in [1.54, 1.807) is 6.08 Å². The van der Waals surface area contributed by atoms with Crippen molar-refractivity contribution < 1.29 is 4.39 Å². The number of nitrogens with two attached hydrogens (primary N) is 1. The predicted octanol–water partition coefficient (Wildman–Crippen LogP) is 0.981. The van der Waals surface area contributed by atoms with Crippen molar-refractivity contribution in [3.05, 3.63) is 23.7 Å². The van der Waals surface area contributed by atoms with Crippen LogP contribution in [-0.2, 0) is 0 Å². The highest BCUT2D eigenvalue weighted by Gasteiger charge is 2.02. The van der Waals surface area contributed by atoms with E-state index in [4.69, 9.17) is 5.84 Å². The van der Waals surface area contributed by atoms with Gasteiger partial charge in [-0.25, -0.2) is 4.39 Å². The fraction of sp³-hybridized carbons (Fsp3) is 0.333. The molecule has 3 heteroatoms. The largest absolute Gasteiger partial charge is 0.328 e. The minimum absolute atomic E-state index is 0.0750. The van der Waals surface area contributed by atoms with Crippen LogP contribution in [0.5, 0.6) is 0 Å². The van der Waals surface area contributed by atoms with E-state index in [0.29, 0.717) is 12.8 Å². The van der Waals surface area contributed by atoms with Gasteiger partial charge in [0.25, 0.3) is 0 Å². The lowest BCUT2D eigenvalue weighted by Gasteiger charge is -2.07. The molecule has 0 spiro atoms. The maximum absolute atomic E-state index is 12.2. The van der Waals surface area contributed by atoms with Crippen LogP contribution in [0.3, 0.4) is 0 Å². The molecule has 1 rings (SSSR count). The van der Waals surface area contributed by atoms with E-state index in [0.717, 1.165) is 5.70 Å². The van der Waals surface area contributed by atoms with Crippen molar-refractivity contribution in [2.24, 2.45) is 5.84 Å². The first-order valence-corrected chi connectivity index (χ1v) is 2.85. The summed E-state index contributed by atoms with van der Waals surface area (Å²) in [4.78, 5) is 0. The Morgan fingerprint density at radius 1 is 1.44 bits per heavy atom. The molecule has 9 heavy (non-hydrogen) atoms. The molecule has 0 saturated carbocycles. The van der Waals surface area contributed by atoms with Crippen molar-refractivity contribution >= 4 is 0 Å². The number of hydrogen-bond acceptors (Lipinski definition) is 2. The number of nitrogens with one attached hydrogen (secondary N) is 1. The number of allylic oxidation sites excluding steroid dienone is 4. The molecule has 1 aliphatic rings. The lowest BCUT2D eigenvalue weighted by Crippen LogP contribution is -2.21. The maximum Gasteiger partial charge on any atom is 0.100 e. The third kappa shape index (κ3) is 1.54. The summed E-state index contributed by atoms with van der Waals surface area (Å²) in [6, 6.07) is 0. The molecule has 0 aromatic carbocycles. The van der Waals surface area contributed by atoms with Gasteiger partial charge in [-0.15, -0.1) is 0 Å². The third-order valence-corrected chi connectivity index (χ3v) is 1.28. The van der Waals surface area contributed by atoms with Crippen LogP contribution < -0.4 is 11.3 Å². The van der Waals surface area contributed by atoms with E-state index in [2.05, 4.69) is 5.43 Å². The fourth-order valence-electron chi connectivity index (χ4n) is 0.732. The zero-order valence-corrected chi connectivity index (χ0v) is 5.02. The van der Waals surface area contributed by atoms with Gasteiger partial charge in [0.1, 0.15) is 5.83 Å². The van der Waals surface area contributed by atoms with Gasteiger partial charge in [0.2, 0.25) is 0 Å². The molecule has 3 N–H and O–H groups in total. The highest BCUT2D eigenvalue weighted by atomic mass is 19.1. The topological polar surface area (TPSA) is 38.0 Å². The molecule has 50 valence electrons. The number of hydrazine groups is 1. The van der Waals surface area contributed by atoms with Crippen molar-refractivity contribution in [3.8, 4) is 0 Å². The van der Waals surface area contributed by atoms with E-state index < -0.39 is 0 Å². The first kappa shape index (κ1) is 6.29. The Bertz CT molecular complexity index is 160. The van der Waals surface area contributed by atoms with Gasteiger partial charge in [0.15, 0.2) is 0 Å². The van der Waals surface area contributed by atoms with Crippen molar-refractivity contribution in [2.45, 2.75) is 12.8 Å². The summed E-state index contributed by atoms with van der Waals surface area (Å²) in [6.45, 7) is 0. The molecule has 0 aromatic heterocycles. The van der Waals surface area contributed by atoms with Gasteiger partial charge in [-0.05, 0) is 18.6 Å². The Kier molecular flexibility index (Phi) is 1.85. The SMILES string of the molecule is NNC1=CC=C(F)CC1. The molecular weight excluding hydrogens is 119 g/mol. The second kappa shape index (κ2) is 2.64. The van der Waals surface area contributed by atoms with Crippen LogP contribution in [0, 0.1) is 0 Å². The number of rotatable bonds is 1. The van der Waals surface area contributed by atoms with Crippen LogP contribution in [0.15, 0.2) is 23.7 Å². The standard InChI is InChI=1S/C6H9FN2/c7-5-1-3-6(9-8)4-2-5/h1,3,9H,2,4,8H2. The van der Waals surface area contributed by atoms with Gasteiger partial charge >= 0.3 is 0 Å². The fourth-order valence-corrected chi connectivity index (χ4v) is 0.732. The summed E-state index contributed by atoms with van der Waals surface area (Å²) in [5.74, 6) is 5.00. The van der Waals surface area contributed by atoms with Crippen LogP contribution >= 0.6 is 0 Å². The summed E-state index contributed by atoms with van der Waals surface area (Å²) in [7, 11) is 0. The Morgan fingerprint density at radius 3 is 2.67 bits per heavy atom. The zero-order chi connectivity index (χ0) is 6.69. The Morgan fingerprint density at radius 2 is 2.22 bits per heavy atom. The minimum Gasteiger partial charge on any atom is -0.328 e. The molecule has 0 atom stereocenters. The van der Waals surface area contributed by atoms with Gasteiger partial charge in [-0.2, -0.15) is 0 Å². The van der Waals surface area contributed by atoms with Crippen LogP contribution in [0.2, 0.25) is 0 Å². The molecule has 0 unspecified atom stereocenters. The van der Waals surface area contributed by atoms with Crippen molar-refractivity contribution in [3.63, 3.8) is 0 Å². The van der Waals surface area contributed by atoms with Crippen LogP contribution in [0.4, 0.5) is 4.39 Å². The molecule has 1 aliphatic carbocycles. The van der Waals surface area contributed by atoms with Crippen LogP contribution in [-0.4, -0.2) is 0 Å². The Hall–Kier alpha value is -0.830. The lowest BCUT2D eigenvalue weighted by molar-refractivity contribution is 0.572. The molecule has 0 aliphatic heterocycles. The quantitative estimate of drug-likeness (QED) is 0.408. The molecule has 0 amide bonds. The molecule has 0 aromatic rings. The van der Waals surface area contributed by atoms with Gasteiger partial charge in [-0.1, -0.05) is 0 Å². The minimum atomic E-state index is -0.0750. The molecule has 0 heterocycles. The monoisotopic (exact) mass is 128 g/mol.